The fraction of sp³-hybridized carbons (Fsp3) is 0.273. The number of phenols is 1. The van der Waals surface area contributed by atoms with E-state index in [0.29, 0.717) is 47.4 Å². The number of fused-ring (bicyclic) bond motifs is 2. The number of nitrogens with two attached hydrogens (primary N) is 1. The van der Waals surface area contributed by atoms with Crippen molar-refractivity contribution in [2.45, 2.75) is 31.6 Å². The normalized spacial score (nSPS) is 17.2. The van der Waals surface area contributed by atoms with E-state index >= 15 is 0 Å². The van der Waals surface area contributed by atoms with Crippen molar-refractivity contribution in [3.63, 3.8) is 0 Å². The molecule has 1 aliphatic rings. The molecule has 1 aliphatic heterocycles. The number of aromatic nitrogens is 6. The van der Waals surface area contributed by atoms with Crippen LogP contribution in [0, 0.1) is 0 Å². The van der Waals surface area contributed by atoms with E-state index < -0.39 is 12.1 Å². The number of aryl methyl sites for hydroxylation is 1. The lowest BCUT2D eigenvalue weighted by atomic mass is 9.77. The van der Waals surface area contributed by atoms with Crippen LogP contribution in [0.25, 0.3) is 17.2 Å². The molecule has 3 aromatic heterocycles. The highest BCUT2D eigenvalue weighted by atomic mass is 35.5. The molecular weight excluding hydrogens is 463 g/mol. The number of nitrogen functional groups attached to an aromatic ring is 1. The lowest BCUT2D eigenvalue weighted by Crippen LogP contribution is -2.32. The van der Waals surface area contributed by atoms with Gasteiger partial charge in [0.1, 0.15) is 34.8 Å². The monoisotopic (exact) mass is 482 g/mol. The van der Waals surface area contributed by atoms with Crippen molar-refractivity contribution in [3.8, 4) is 17.3 Å². The largest absolute Gasteiger partial charge is 0.506 e. The molecular formula is C22H20ClFN8O2. The average molecular weight is 483 g/mol. The maximum atomic E-state index is 13.1. The number of anilines is 2. The van der Waals surface area contributed by atoms with Crippen LogP contribution < -0.4 is 11.1 Å². The molecule has 1 amide bonds. The predicted octanol–water partition coefficient (Wildman–Crippen LogP) is 3.07. The second kappa shape index (κ2) is 8.17. The molecule has 0 aliphatic carbocycles. The first-order chi connectivity index (χ1) is 16.3. The Bertz CT molecular complexity index is 1440. The Balaban J connectivity index is 1.61. The van der Waals surface area contributed by atoms with E-state index in [-0.39, 0.29) is 34.1 Å². The minimum Gasteiger partial charge on any atom is -0.506 e. The Morgan fingerprint density at radius 2 is 2.09 bits per heavy atom. The summed E-state index contributed by atoms with van der Waals surface area (Å²) in [7, 11) is 0. The molecule has 174 valence electrons. The van der Waals surface area contributed by atoms with Gasteiger partial charge in [0, 0.05) is 0 Å². The van der Waals surface area contributed by atoms with Crippen molar-refractivity contribution in [1.82, 2.24) is 29.5 Å². The van der Waals surface area contributed by atoms with Crippen molar-refractivity contribution < 1.29 is 14.3 Å². The van der Waals surface area contributed by atoms with Gasteiger partial charge in [-0.3, -0.25) is 9.18 Å². The summed E-state index contributed by atoms with van der Waals surface area (Å²) in [5, 5.41) is 17.2. The van der Waals surface area contributed by atoms with Crippen molar-refractivity contribution >= 4 is 34.8 Å². The van der Waals surface area contributed by atoms with Crippen molar-refractivity contribution in [2.75, 3.05) is 17.7 Å². The molecule has 4 aromatic rings. The molecule has 34 heavy (non-hydrogen) atoms. The smallest absolute Gasteiger partial charge is 0.240 e. The maximum Gasteiger partial charge on any atom is 0.240 e. The third kappa shape index (κ3) is 3.39. The Kier molecular flexibility index (Phi) is 5.28. The number of halogens is 2. The molecule has 4 heterocycles. The number of benzene rings is 1. The van der Waals surface area contributed by atoms with E-state index in [1.54, 1.807) is 23.7 Å². The first-order valence-electron chi connectivity index (χ1n) is 10.6. The SMILES string of the molecule is C[C@@]1(c2ccc(Cl)c(O)c2)C(=O)Nc2nc(-c3cn4ncnc4c(CCCCF)n3)nc(N)c21. The Morgan fingerprint density at radius 1 is 1.26 bits per heavy atom. The maximum absolute atomic E-state index is 13.1. The van der Waals surface area contributed by atoms with Crippen molar-refractivity contribution in [3.05, 3.63) is 52.6 Å². The number of aromatic hydroxyl groups is 1. The Morgan fingerprint density at radius 3 is 2.85 bits per heavy atom. The van der Waals surface area contributed by atoms with Crippen LogP contribution in [0.1, 0.15) is 36.6 Å². The number of nitrogens with zero attached hydrogens (tertiary/aromatic N) is 6. The predicted molar refractivity (Wildman–Crippen MR) is 123 cm³/mol. The van der Waals surface area contributed by atoms with Gasteiger partial charge in [-0.2, -0.15) is 5.10 Å². The second-order valence-corrected chi connectivity index (χ2v) is 8.56. The summed E-state index contributed by atoms with van der Waals surface area (Å²) >= 11 is 5.94. The van der Waals surface area contributed by atoms with E-state index in [4.69, 9.17) is 17.3 Å². The van der Waals surface area contributed by atoms with Crippen LogP contribution in [0.3, 0.4) is 0 Å². The van der Waals surface area contributed by atoms with Gasteiger partial charge in [0.15, 0.2) is 11.5 Å². The molecule has 5 rings (SSSR count). The molecule has 4 N–H and O–H groups in total. The van der Waals surface area contributed by atoms with E-state index in [1.807, 2.05) is 0 Å². The number of hydrogen-bond acceptors (Lipinski definition) is 8. The van der Waals surface area contributed by atoms with E-state index in [2.05, 4.69) is 30.4 Å². The summed E-state index contributed by atoms with van der Waals surface area (Å²) in [6, 6.07) is 4.58. The molecule has 0 spiro atoms. The summed E-state index contributed by atoms with van der Waals surface area (Å²) in [5.74, 6) is 0.0277. The number of unbranched alkanes of at least 4 members (excludes halogenated alkanes) is 1. The lowest BCUT2D eigenvalue weighted by Gasteiger charge is -2.23. The van der Waals surface area contributed by atoms with E-state index in [0.717, 1.165) is 0 Å². The Hall–Kier alpha value is -3.86. The summed E-state index contributed by atoms with van der Waals surface area (Å²) < 4.78 is 14.1. The first kappa shape index (κ1) is 22.0. The van der Waals surface area contributed by atoms with Gasteiger partial charge in [0.25, 0.3) is 0 Å². The van der Waals surface area contributed by atoms with E-state index in [9.17, 15) is 14.3 Å². The van der Waals surface area contributed by atoms with Gasteiger partial charge in [-0.1, -0.05) is 17.7 Å². The van der Waals surface area contributed by atoms with Gasteiger partial charge >= 0.3 is 0 Å². The van der Waals surface area contributed by atoms with Gasteiger partial charge in [-0.25, -0.2) is 24.5 Å². The van der Waals surface area contributed by atoms with Crippen LogP contribution in [-0.4, -0.2) is 47.2 Å². The summed E-state index contributed by atoms with van der Waals surface area (Å²) in [4.78, 5) is 30.9. The zero-order chi connectivity index (χ0) is 24.0. The summed E-state index contributed by atoms with van der Waals surface area (Å²) in [6.45, 7) is 1.27. The van der Waals surface area contributed by atoms with E-state index in [1.165, 1.54) is 18.5 Å². The third-order valence-electron chi connectivity index (χ3n) is 6.00. The number of rotatable bonds is 6. The minimum atomic E-state index is -1.24. The highest BCUT2D eigenvalue weighted by Gasteiger charge is 2.47. The second-order valence-electron chi connectivity index (χ2n) is 8.15. The quantitative estimate of drug-likeness (QED) is 0.355. The third-order valence-corrected chi connectivity index (χ3v) is 6.32. The van der Waals surface area contributed by atoms with Crippen LogP contribution in [0.5, 0.6) is 5.75 Å². The van der Waals surface area contributed by atoms with Crippen molar-refractivity contribution in [1.29, 1.82) is 0 Å². The molecule has 0 saturated carbocycles. The number of alkyl halides is 1. The number of hydrogen-bond donors (Lipinski definition) is 3. The van der Waals surface area contributed by atoms with Gasteiger partial charge in [0.05, 0.1) is 29.2 Å². The molecule has 0 bridgehead atoms. The molecule has 0 radical (unpaired) electrons. The number of phenolic OH excluding ortho intramolecular Hbond substituents is 1. The van der Waals surface area contributed by atoms with Gasteiger partial charge < -0.3 is 16.2 Å². The van der Waals surface area contributed by atoms with Crippen LogP contribution >= 0.6 is 11.6 Å². The van der Waals surface area contributed by atoms with Gasteiger partial charge in [-0.05, 0) is 43.9 Å². The molecule has 1 atom stereocenters. The highest BCUT2D eigenvalue weighted by Crippen LogP contribution is 2.46. The molecule has 0 fully saturated rings. The zero-order valence-electron chi connectivity index (χ0n) is 18.1. The van der Waals surface area contributed by atoms with Crippen LogP contribution in [0.15, 0.2) is 30.7 Å². The fourth-order valence-electron chi connectivity index (χ4n) is 4.17. The van der Waals surface area contributed by atoms with Crippen LogP contribution in [0.2, 0.25) is 5.02 Å². The molecule has 0 saturated heterocycles. The summed E-state index contributed by atoms with van der Waals surface area (Å²) in [6.07, 6.45) is 4.56. The highest BCUT2D eigenvalue weighted by molar-refractivity contribution is 6.32. The van der Waals surface area contributed by atoms with Gasteiger partial charge in [0.2, 0.25) is 5.91 Å². The van der Waals surface area contributed by atoms with Crippen LogP contribution in [-0.2, 0) is 16.6 Å². The zero-order valence-corrected chi connectivity index (χ0v) is 18.8. The Labute approximate surface area is 198 Å². The molecule has 0 unspecified atom stereocenters. The van der Waals surface area contributed by atoms with Crippen molar-refractivity contribution in [2.24, 2.45) is 0 Å². The summed E-state index contributed by atoms with van der Waals surface area (Å²) in [5.41, 5.74) is 7.59. The lowest BCUT2D eigenvalue weighted by molar-refractivity contribution is -0.119. The number of amides is 1. The average Bonchev–Trinajstić information content (AvgIpc) is 3.38. The van der Waals surface area contributed by atoms with Gasteiger partial charge in [-0.15, -0.1) is 0 Å². The van der Waals surface area contributed by atoms with Crippen LogP contribution in [0.4, 0.5) is 16.0 Å². The number of carbonyl (C=O) groups is 1. The minimum absolute atomic E-state index is 0.0924. The topological polar surface area (TPSA) is 144 Å². The standard InChI is InChI=1S/C22H20ClFN8O2/c1-22(11-5-6-12(23)15(33)8-11)16-17(25)29-18(30-19(16)31-21(22)34)14-9-32-20(26-10-27-32)13(28-14)4-2-3-7-24/h5-6,8-10,33H,2-4,7H2,1H3,(H3,25,29,30,31,34)/t22-/m0/s1. The number of nitrogens with one attached hydrogen (secondary N) is 1. The molecule has 1 aromatic carbocycles. The first-order valence-corrected chi connectivity index (χ1v) is 10.9. The molecule has 12 heteroatoms. The fourth-order valence-corrected chi connectivity index (χ4v) is 4.29. The number of carbonyl (C=O) groups excluding carboxylic acids is 1. The molecule has 10 nitrogen and oxygen atoms in total.